The number of aliphatic hydroxyl groups excluding tert-OH is 1. The van der Waals surface area contributed by atoms with Crippen molar-refractivity contribution in [2.75, 3.05) is 0 Å². The molecule has 0 aliphatic heterocycles. The second kappa shape index (κ2) is 38.1. The SMILES string of the molecule is C=C(O)Cc1cccc(-c2cn([C@@H](C)c3ccccn3)c3cc(-c4c(C)noc4C)cnc23)c1.Cc1noc(C)c1-c1cnc2c(-c3ccc(C(=O)O)c(F)c3F)cn([C@@H](C)c3ccccn3)c2c1.Cc1noc(C)c1-c1cnc2c(-c3ccc(C(=O)O)cc3F)cn([C@@H](C)c3ccccn3)c2c1.Cc1noc(C)c1-c1cnc2c(-c3ccc(F)c(C(=O)O)c3)cn([C@@H](C)c3ccccn3)c2c1. The summed E-state index contributed by atoms with van der Waals surface area (Å²) < 4.78 is 88.3. The van der Waals surface area contributed by atoms with Crippen molar-refractivity contribution in [3.63, 3.8) is 0 Å². The summed E-state index contributed by atoms with van der Waals surface area (Å²) in [5, 5.41) is 53.7. The van der Waals surface area contributed by atoms with E-state index in [-0.39, 0.29) is 52.2 Å². The van der Waals surface area contributed by atoms with E-state index in [2.05, 4.69) is 88.0 Å². The van der Waals surface area contributed by atoms with Gasteiger partial charge in [0.2, 0.25) is 0 Å². The second-order valence-electron chi connectivity index (χ2n) is 33.2. The number of benzene rings is 4. The molecule has 27 nitrogen and oxygen atoms in total. The lowest BCUT2D eigenvalue weighted by atomic mass is 10.0. The minimum absolute atomic E-state index is 0.000397. The van der Waals surface area contributed by atoms with Crippen LogP contribution in [0.15, 0.2) is 275 Å². The maximum atomic E-state index is 15.1. The number of carboxylic acid groups (broad SMARTS) is 3. The summed E-state index contributed by atoms with van der Waals surface area (Å²) in [5.74, 6) is -5.18. The average molecular weight is 1840 g/mol. The third kappa shape index (κ3) is 18.0. The van der Waals surface area contributed by atoms with E-state index in [0.29, 0.717) is 73.7 Å². The van der Waals surface area contributed by atoms with E-state index in [4.69, 9.17) is 38.2 Å². The third-order valence-electron chi connectivity index (χ3n) is 24.4. The van der Waals surface area contributed by atoms with Crippen molar-refractivity contribution in [3.05, 3.63) is 371 Å². The van der Waals surface area contributed by atoms with Crippen molar-refractivity contribution >= 4 is 62.0 Å². The number of carboxylic acids is 3. The van der Waals surface area contributed by atoms with Gasteiger partial charge in [0, 0.05) is 159 Å². The number of hydrogen-bond acceptors (Lipinski definition) is 20. The molecule has 0 fully saturated rings. The minimum atomic E-state index is -1.54. The fraction of sp³-hybridized carbons (Fsp3) is 0.160. The largest absolute Gasteiger partial charge is 0.513 e. The van der Waals surface area contributed by atoms with Crippen molar-refractivity contribution in [2.45, 2.75) is 114 Å². The first-order valence-corrected chi connectivity index (χ1v) is 43.5. The van der Waals surface area contributed by atoms with Crippen molar-refractivity contribution in [2.24, 2.45) is 0 Å². The predicted molar refractivity (Wildman–Crippen MR) is 509 cm³/mol. The number of aliphatic hydroxyl groups is 1. The highest BCUT2D eigenvalue weighted by Crippen LogP contribution is 2.44. The molecule has 0 spiro atoms. The van der Waals surface area contributed by atoms with Gasteiger partial charge in [-0.2, -0.15) is 0 Å². The number of pyridine rings is 8. The molecule has 4 aromatic carbocycles. The van der Waals surface area contributed by atoms with Gasteiger partial charge in [-0.15, -0.1) is 0 Å². The van der Waals surface area contributed by atoms with E-state index in [1.807, 2.05) is 218 Å². The van der Waals surface area contributed by atoms with Crippen LogP contribution in [0.1, 0.15) is 157 Å². The smallest absolute Gasteiger partial charge is 0.338 e. The summed E-state index contributed by atoms with van der Waals surface area (Å²) in [6.07, 6.45) is 22.0. The third-order valence-corrected chi connectivity index (χ3v) is 24.4. The zero-order valence-electron chi connectivity index (χ0n) is 76.1. The van der Waals surface area contributed by atoms with Crippen molar-refractivity contribution < 1.29 is 70.5 Å². The van der Waals surface area contributed by atoms with Crippen LogP contribution in [0.3, 0.4) is 0 Å². The van der Waals surface area contributed by atoms with Crippen LogP contribution in [0.4, 0.5) is 17.6 Å². The van der Waals surface area contributed by atoms with E-state index in [0.717, 1.165) is 141 Å². The van der Waals surface area contributed by atoms with Gasteiger partial charge in [0.15, 0.2) is 11.6 Å². The van der Waals surface area contributed by atoms with Crippen LogP contribution >= 0.6 is 0 Å². The fourth-order valence-corrected chi connectivity index (χ4v) is 17.5. The van der Waals surface area contributed by atoms with Crippen molar-refractivity contribution in [3.8, 4) is 89.0 Å². The first-order chi connectivity index (χ1) is 65.9. The lowest BCUT2D eigenvalue weighted by Crippen LogP contribution is -2.07. The summed E-state index contributed by atoms with van der Waals surface area (Å²) in [5.41, 5.74) is 23.5. The fourth-order valence-electron chi connectivity index (χ4n) is 17.5. The lowest BCUT2D eigenvalue weighted by Gasteiger charge is -2.15. The molecule has 0 saturated heterocycles. The summed E-state index contributed by atoms with van der Waals surface area (Å²) in [6, 6.07) is 48.9. The molecule has 4 N–H and O–H groups in total. The highest BCUT2D eigenvalue weighted by atomic mass is 19.2. The quantitative estimate of drug-likeness (QED) is 0.0383. The summed E-state index contributed by atoms with van der Waals surface area (Å²) >= 11 is 0. The Bertz CT molecular complexity index is 7960. The first kappa shape index (κ1) is 91.6. The molecule has 0 aliphatic rings. The summed E-state index contributed by atoms with van der Waals surface area (Å²) in [6.45, 7) is 26.7. The molecule has 686 valence electrons. The molecule has 0 unspecified atom stereocenters. The van der Waals surface area contributed by atoms with E-state index in [9.17, 15) is 38.5 Å². The lowest BCUT2D eigenvalue weighted by molar-refractivity contribution is 0.0680. The first-order valence-electron chi connectivity index (χ1n) is 43.5. The Morgan fingerprint density at radius 3 is 1.01 bits per heavy atom. The Morgan fingerprint density at radius 2 is 0.686 bits per heavy atom. The monoisotopic (exact) mass is 1840 g/mol. The number of allylic oxidation sites excluding steroid dienone is 1. The Kier molecular flexibility index (Phi) is 25.5. The molecule has 20 aromatic rings. The van der Waals surface area contributed by atoms with Gasteiger partial charge in [0.25, 0.3) is 0 Å². The number of hydrogen-bond donors (Lipinski definition) is 4. The van der Waals surface area contributed by atoms with Crippen LogP contribution in [-0.4, -0.2) is 117 Å². The van der Waals surface area contributed by atoms with Gasteiger partial charge in [-0.3, -0.25) is 39.9 Å². The molecule has 31 heteroatoms. The van der Waals surface area contributed by atoms with Crippen LogP contribution in [0.5, 0.6) is 0 Å². The van der Waals surface area contributed by atoms with Crippen LogP contribution in [0.25, 0.3) is 133 Å². The molecular formula is C106H88F4N16O11. The molecule has 0 aliphatic carbocycles. The number of halogens is 4. The zero-order chi connectivity index (χ0) is 96.6. The maximum absolute atomic E-state index is 15.1. The average Bonchev–Trinajstić information content (AvgIpc) is 1.64. The molecule has 0 saturated carbocycles. The van der Waals surface area contributed by atoms with Crippen molar-refractivity contribution in [1.82, 2.24) is 78.8 Å². The van der Waals surface area contributed by atoms with Crippen LogP contribution < -0.4 is 0 Å². The van der Waals surface area contributed by atoms with Gasteiger partial charge in [-0.05, 0) is 203 Å². The number of rotatable bonds is 21. The molecule has 0 radical (unpaired) electrons. The molecular weight excluding hydrogens is 1750 g/mol. The Morgan fingerprint density at radius 1 is 0.336 bits per heavy atom. The second-order valence-corrected chi connectivity index (χ2v) is 33.2. The number of aromatic carboxylic acids is 3. The summed E-state index contributed by atoms with van der Waals surface area (Å²) in [4.78, 5) is 71.0. The number of nitrogens with zero attached hydrogens (tertiary/aromatic N) is 16. The highest BCUT2D eigenvalue weighted by molar-refractivity contribution is 6.01. The van der Waals surface area contributed by atoms with Crippen LogP contribution in [0.2, 0.25) is 0 Å². The molecule has 20 rings (SSSR count). The molecule has 16 aromatic heterocycles. The van der Waals surface area contributed by atoms with Gasteiger partial charge in [-0.25, -0.2) is 31.9 Å². The number of fused-ring (bicyclic) bond motifs is 4. The van der Waals surface area contributed by atoms with E-state index in [1.54, 1.807) is 49.4 Å². The molecule has 137 heavy (non-hydrogen) atoms. The number of aromatic nitrogens is 16. The molecule has 4 atom stereocenters. The Hall–Kier alpha value is -17.3. The molecule has 0 amide bonds. The van der Waals surface area contributed by atoms with Gasteiger partial charge < -0.3 is 56.8 Å². The zero-order valence-corrected chi connectivity index (χ0v) is 76.1. The topological polar surface area (TPSA) is 359 Å². The van der Waals surface area contributed by atoms with E-state index < -0.39 is 46.7 Å². The van der Waals surface area contributed by atoms with Crippen LogP contribution in [-0.2, 0) is 6.42 Å². The predicted octanol–water partition coefficient (Wildman–Crippen LogP) is 24.2. The van der Waals surface area contributed by atoms with Gasteiger partial charge in [0.05, 0.1) is 136 Å². The van der Waals surface area contributed by atoms with Crippen molar-refractivity contribution in [1.29, 1.82) is 0 Å². The normalized spacial score (nSPS) is 12.2. The molecule has 16 heterocycles. The standard InChI is InChI=1S/C28H26N4O2.C26H20F2N4O3.2C26H21FN4O3/c1-17(33)12-21-8-7-9-22(13-21)24-16-32(19(3)25-10-5-6-11-29-25)26-14-23(15-30-28(24)26)27-18(2)31-34-20(27)4;1-13-22(15(3)35-31-13)16-10-21-25(30-11-16)19(12-32(21)14(2)20-6-4-5-9-29-20)17-7-8-18(26(33)34)24(28)23(17)27;1-14-24(16(3)34-30-14)18-11-23-25(29-12-18)20(17-7-8-21(27)19(10-17)26(32)33)13-31(23)15(2)22-6-4-5-9-28-22;1-14-24(16(3)34-30-14)18-11-23-25(29-12-18)20(19-8-7-17(26(32)33)10-21(19)27)13-31(23)15(2)22-6-4-5-9-28-22/h5-11,13-16,19,33H,1,12H2,2-4H3;4-12,14H,1-3H3,(H,33,34);2*4-13,15H,1-3H3,(H,32,33)/t19-;14-;2*15-/m0000/s1. The van der Waals surface area contributed by atoms with E-state index >= 15 is 8.78 Å². The van der Waals surface area contributed by atoms with Gasteiger partial charge in [0.1, 0.15) is 34.7 Å². The van der Waals surface area contributed by atoms with Gasteiger partial charge in [-0.1, -0.05) is 93.9 Å². The van der Waals surface area contributed by atoms with Gasteiger partial charge >= 0.3 is 17.9 Å². The number of aryl methyl sites for hydroxylation is 8. The highest BCUT2D eigenvalue weighted by Gasteiger charge is 2.30. The Balaban J connectivity index is 0.000000127. The maximum Gasteiger partial charge on any atom is 0.338 e. The molecule has 0 bridgehead atoms. The van der Waals surface area contributed by atoms with Crippen LogP contribution in [0, 0.1) is 78.7 Å². The Labute approximate surface area is 780 Å². The minimum Gasteiger partial charge on any atom is -0.513 e. The van der Waals surface area contributed by atoms with E-state index in [1.165, 1.54) is 30.3 Å². The number of carbonyl (C=O) groups is 3. The summed E-state index contributed by atoms with van der Waals surface area (Å²) in [7, 11) is 0.